The molecule has 1 atom stereocenters. The summed E-state index contributed by atoms with van der Waals surface area (Å²) >= 11 is 0. The van der Waals surface area contributed by atoms with E-state index in [1.165, 1.54) is 0 Å². The summed E-state index contributed by atoms with van der Waals surface area (Å²) in [7, 11) is 4.78. The van der Waals surface area contributed by atoms with Crippen LogP contribution in [0, 0.1) is 0 Å². The molecule has 0 radical (unpaired) electrons. The number of methoxy groups -OCH3 is 3. The van der Waals surface area contributed by atoms with Crippen LogP contribution in [-0.2, 0) is 4.74 Å². The SMILES string of the molecule is COC[C@H](O)CN(c1cc(OC)cc(OC)c1)c1ccc2ncc(-c3cnn(C(C)C)c3)nc2c1. The zero-order chi connectivity index (χ0) is 24.9. The molecule has 2 aromatic heterocycles. The number of hydrogen-bond donors (Lipinski definition) is 1. The highest BCUT2D eigenvalue weighted by Crippen LogP contribution is 2.34. The summed E-state index contributed by atoms with van der Waals surface area (Å²) in [6.45, 7) is 4.66. The number of aliphatic hydroxyl groups is 1. The van der Waals surface area contributed by atoms with Gasteiger partial charge in [-0.1, -0.05) is 0 Å². The Bertz CT molecular complexity index is 1270. The van der Waals surface area contributed by atoms with Crippen LogP contribution in [0.4, 0.5) is 11.4 Å². The van der Waals surface area contributed by atoms with Gasteiger partial charge in [0, 0.05) is 54.5 Å². The van der Waals surface area contributed by atoms with E-state index in [-0.39, 0.29) is 12.6 Å². The highest BCUT2D eigenvalue weighted by Gasteiger charge is 2.18. The van der Waals surface area contributed by atoms with Gasteiger partial charge >= 0.3 is 0 Å². The first kappa shape index (κ1) is 24.4. The third kappa shape index (κ3) is 5.52. The fraction of sp³-hybridized carbons (Fsp3) is 0.346. The summed E-state index contributed by atoms with van der Waals surface area (Å²) in [5.41, 5.74) is 4.80. The molecule has 1 N–H and O–H groups in total. The maximum Gasteiger partial charge on any atom is 0.124 e. The van der Waals surface area contributed by atoms with Crippen LogP contribution < -0.4 is 14.4 Å². The Balaban J connectivity index is 1.77. The lowest BCUT2D eigenvalue weighted by Gasteiger charge is -2.28. The third-order valence-corrected chi connectivity index (χ3v) is 5.66. The number of aliphatic hydroxyl groups excluding tert-OH is 1. The van der Waals surface area contributed by atoms with Gasteiger partial charge in [0.15, 0.2) is 0 Å². The number of benzene rings is 2. The van der Waals surface area contributed by atoms with Crippen LogP contribution >= 0.6 is 0 Å². The lowest BCUT2D eigenvalue weighted by molar-refractivity contribution is 0.0702. The van der Waals surface area contributed by atoms with Gasteiger partial charge < -0.3 is 24.2 Å². The van der Waals surface area contributed by atoms with Gasteiger partial charge in [-0.25, -0.2) is 4.98 Å². The Morgan fingerprint density at radius 3 is 2.31 bits per heavy atom. The van der Waals surface area contributed by atoms with Crippen LogP contribution in [0.1, 0.15) is 19.9 Å². The normalized spacial score (nSPS) is 12.2. The molecule has 2 aromatic carbocycles. The zero-order valence-corrected chi connectivity index (χ0v) is 20.7. The molecule has 2 heterocycles. The van der Waals surface area contributed by atoms with Gasteiger partial charge in [-0.15, -0.1) is 0 Å². The molecule has 0 fully saturated rings. The van der Waals surface area contributed by atoms with Gasteiger partial charge in [0.05, 0.1) is 62.6 Å². The Labute approximate surface area is 204 Å². The molecule has 0 saturated carbocycles. The van der Waals surface area contributed by atoms with E-state index < -0.39 is 6.10 Å². The van der Waals surface area contributed by atoms with Crippen LogP contribution in [0.2, 0.25) is 0 Å². The van der Waals surface area contributed by atoms with E-state index in [4.69, 9.17) is 19.2 Å². The quantitative estimate of drug-likeness (QED) is 0.363. The highest BCUT2D eigenvalue weighted by molar-refractivity contribution is 5.82. The molecule has 184 valence electrons. The number of fused-ring (bicyclic) bond motifs is 1. The van der Waals surface area contributed by atoms with Crippen LogP contribution in [0.3, 0.4) is 0 Å². The molecule has 9 nitrogen and oxygen atoms in total. The van der Waals surface area contributed by atoms with E-state index in [0.717, 1.165) is 33.7 Å². The number of hydrogen-bond acceptors (Lipinski definition) is 8. The standard InChI is InChI=1S/C26H31N5O4/c1-17(2)31-14-18(12-28-31)26-13-27-24-7-6-19(10-25(24)29-26)30(15-21(32)16-33-3)20-8-22(34-4)11-23(9-20)35-5/h6-14,17,21,32H,15-16H2,1-5H3/t21-/m1/s1. The second-order valence-electron chi connectivity index (χ2n) is 8.52. The van der Waals surface area contributed by atoms with Gasteiger partial charge in [-0.3, -0.25) is 9.67 Å². The fourth-order valence-corrected chi connectivity index (χ4v) is 3.82. The van der Waals surface area contributed by atoms with Gasteiger partial charge in [-0.05, 0) is 32.0 Å². The molecule has 0 bridgehead atoms. The van der Waals surface area contributed by atoms with Gasteiger partial charge in [0.25, 0.3) is 0 Å². The largest absolute Gasteiger partial charge is 0.497 e. The Morgan fingerprint density at radius 2 is 1.69 bits per heavy atom. The smallest absolute Gasteiger partial charge is 0.124 e. The summed E-state index contributed by atoms with van der Waals surface area (Å²) in [5.74, 6) is 1.30. The van der Waals surface area contributed by atoms with Crippen molar-refractivity contribution in [2.24, 2.45) is 0 Å². The van der Waals surface area contributed by atoms with Crippen LogP contribution in [0.5, 0.6) is 11.5 Å². The molecule has 0 aliphatic heterocycles. The van der Waals surface area contributed by atoms with Gasteiger partial charge in [0.1, 0.15) is 11.5 Å². The van der Waals surface area contributed by atoms with Crippen LogP contribution in [0.25, 0.3) is 22.3 Å². The van der Waals surface area contributed by atoms with Crippen LogP contribution in [0.15, 0.2) is 55.0 Å². The molecule has 4 rings (SSSR count). The van der Waals surface area contributed by atoms with Crippen molar-refractivity contribution >= 4 is 22.4 Å². The summed E-state index contributed by atoms with van der Waals surface area (Å²) in [6, 6.07) is 11.7. The van der Waals surface area contributed by atoms with Crippen molar-refractivity contribution in [3.05, 3.63) is 55.0 Å². The third-order valence-electron chi connectivity index (χ3n) is 5.66. The molecule has 35 heavy (non-hydrogen) atoms. The number of ether oxygens (including phenoxy) is 3. The summed E-state index contributed by atoms with van der Waals surface area (Å²) in [6.07, 6.45) is 4.82. The minimum Gasteiger partial charge on any atom is -0.497 e. The summed E-state index contributed by atoms with van der Waals surface area (Å²) in [5, 5.41) is 15.0. The first-order valence-electron chi connectivity index (χ1n) is 11.4. The number of anilines is 2. The molecular weight excluding hydrogens is 446 g/mol. The number of nitrogens with zero attached hydrogens (tertiary/aromatic N) is 5. The van der Waals surface area contributed by atoms with Crippen molar-refractivity contribution in [2.45, 2.75) is 26.0 Å². The molecule has 0 aliphatic carbocycles. The molecular formula is C26H31N5O4. The minimum absolute atomic E-state index is 0.203. The highest BCUT2D eigenvalue weighted by atomic mass is 16.5. The van der Waals surface area contributed by atoms with Crippen molar-refractivity contribution in [3.63, 3.8) is 0 Å². The number of rotatable bonds is 10. The lowest BCUT2D eigenvalue weighted by atomic mass is 10.1. The molecule has 9 heteroatoms. The second kappa shape index (κ2) is 10.7. The average molecular weight is 478 g/mol. The summed E-state index contributed by atoms with van der Waals surface area (Å²) < 4.78 is 18.0. The van der Waals surface area contributed by atoms with E-state index in [1.807, 2.05) is 52.2 Å². The van der Waals surface area contributed by atoms with Crippen molar-refractivity contribution < 1.29 is 19.3 Å². The van der Waals surface area contributed by atoms with E-state index in [9.17, 15) is 5.11 Å². The predicted octanol–water partition coefficient (Wildman–Crippen LogP) is 4.24. The van der Waals surface area contributed by atoms with Crippen molar-refractivity contribution in [1.82, 2.24) is 19.7 Å². The second-order valence-corrected chi connectivity index (χ2v) is 8.52. The zero-order valence-electron chi connectivity index (χ0n) is 20.7. The molecule has 0 aliphatic rings. The maximum absolute atomic E-state index is 10.6. The summed E-state index contributed by atoms with van der Waals surface area (Å²) in [4.78, 5) is 11.4. The lowest BCUT2D eigenvalue weighted by Crippen LogP contribution is -2.31. The monoisotopic (exact) mass is 477 g/mol. The molecule has 0 unspecified atom stereocenters. The first-order valence-corrected chi connectivity index (χ1v) is 11.4. The first-order chi connectivity index (χ1) is 16.9. The fourth-order valence-electron chi connectivity index (χ4n) is 3.82. The van der Waals surface area contributed by atoms with Crippen LogP contribution in [-0.4, -0.2) is 65.4 Å². The Hall–Kier alpha value is -3.69. The maximum atomic E-state index is 10.6. The van der Waals surface area contributed by atoms with E-state index >= 15 is 0 Å². The van der Waals surface area contributed by atoms with Crippen molar-refractivity contribution in [3.8, 4) is 22.8 Å². The van der Waals surface area contributed by atoms with E-state index in [1.54, 1.807) is 33.7 Å². The topological polar surface area (TPSA) is 94.8 Å². The molecule has 0 saturated heterocycles. The van der Waals surface area contributed by atoms with E-state index in [0.29, 0.717) is 18.0 Å². The van der Waals surface area contributed by atoms with E-state index in [2.05, 4.69) is 23.9 Å². The van der Waals surface area contributed by atoms with Crippen molar-refractivity contribution in [1.29, 1.82) is 0 Å². The Morgan fingerprint density at radius 1 is 0.943 bits per heavy atom. The van der Waals surface area contributed by atoms with Gasteiger partial charge in [-0.2, -0.15) is 5.10 Å². The van der Waals surface area contributed by atoms with Crippen molar-refractivity contribution in [2.75, 3.05) is 39.4 Å². The predicted molar refractivity (Wildman–Crippen MR) is 136 cm³/mol. The van der Waals surface area contributed by atoms with Gasteiger partial charge in [0.2, 0.25) is 0 Å². The number of aromatic nitrogens is 4. The average Bonchev–Trinajstić information content (AvgIpc) is 3.37. The molecule has 0 amide bonds. The molecule has 4 aromatic rings. The molecule has 0 spiro atoms. The minimum atomic E-state index is -0.716. The Kier molecular flexibility index (Phi) is 7.48.